The van der Waals surface area contributed by atoms with Crippen molar-refractivity contribution in [3.8, 4) is 11.5 Å². The van der Waals surface area contributed by atoms with Gasteiger partial charge in [-0.2, -0.15) is 0 Å². The van der Waals surface area contributed by atoms with E-state index in [1.807, 2.05) is 0 Å². The molecule has 76 valence electrons. The molecule has 3 nitrogen and oxygen atoms in total. The number of Topliss-reactive ketones (excluding diaryl/α,β-unsaturated/α-hetero) is 1. The first kappa shape index (κ1) is 10.0. The smallest absolute Gasteiger partial charge is 0.176 e. The molecule has 0 fully saturated rings. The lowest BCUT2D eigenvalue weighted by Gasteiger charge is -2.29. The third-order valence-electron chi connectivity index (χ3n) is 2.32. The molecule has 0 N–H and O–H groups in total. The predicted octanol–water partition coefficient (Wildman–Crippen LogP) is 1.68. The number of carbonyl (C=O) groups excluding carboxylic acids is 1. The summed E-state index contributed by atoms with van der Waals surface area (Å²) in [4.78, 5) is 11.8. The Morgan fingerprint density at radius 2 is 2.20 bits per heavy atom. The van der Waals surface area contributed by atoms with Crippen LogP contribution in [0.15, 0.2) is 18.2 Å². The number of ketones is 1. The molecule has 0 amide bonds. The minimum absolute atomic E-state index is 0.0218. The lowest BCUT2D eigenvalue weighted by Crippen LogP contribution is -2.36. The Kier molecular flexibility index (Phi) is 2.18. The van der Waals surface area contributed by atoms with Crippen molar-refractivity contribution in [1.82, 2.24) is 0 Å². The van der Waals surface area contributed by atoms with E-state index in [4.69, 9.17) is 23.3 Å². The fourth-order valence-corrected chi connectivity index (χ4v) is 1.45. The number of carbonyl (C=O) groups is 1. The molecule has 0 aromatic heterocycles. The van der Waals surface area contributed by atoms with Gasteiger partial charge in [-0.1, -0.05) is 0 Å². The third-order valence-corrected chi connectivity index (χ3v) is 2.32. The van der Waals surface area contributed by atoms with Gasteiger partial charge in [-0.3, -0.25) is 4.79 Å². The van der Waals surface area contributed by atoms with Crippen LogP contribution >= 0.6 is 0 Å². The summed E-state index contributed by atoms with van der Waals surface area (Å²) in [6.45, 7) is 11.1. The monoisotopic (exact) mass is 202 g/mol. The Morgan fingerprint density at radius 1 is 1.47 bits per heavy atom. The van der Waals surface area contributed by atoms with Crippen LogP contribution in [0, 0.1) is 19.3 Å². The van der Waals surface area contributed by atoms with E-state index in [9.17, 15) is 4.79 Å². The molecule has 0 atom stereocenters. The minimum Gasteiger partial charge on any atom is -0.497 e. The Balaban J connectivity index is 2.46. The maximum atomic E-state index is 11.8. The van der Waals surface area contributed by atoms with Gasteiger partial charge < -0.3 is 9.47 Å². The summed E-state index contributed by atoms with van der Waals surface area (Å²) in [6.07, 6.45) is 0. The Hall–Kier alpha value is -1.51. The van der Waals surface area contributed by atoms with Crippen molar-refractivity contribution < 1.29 is 14.3 Å². The second-order valence-corrected chi connectivity index (χ2v) is 3.52. The second kappa shape index (κ2) is 3.26. The number of benzene rings is 1. The number of hydrogen-bond acceptors (Lipinski definition) is 3. The van der Waals surface area contributed by atoms with Gasteiger partial charge in [0.15, 0.2) is 5.78 Å². The summed E-state index contributed by atoms with van der Waals surface area (Å²) in [7, 11) is 1.54. The van der Waals surface area contributed by atoms with Crippen LogP contribution in [0.3, 0.4) is 0 Å². The molecule has 1 heterocycles. The molecule has 1 aliphatic heterocycles. The zero-order valence-electron chi connectivity index (χ0n) is 8.32. The van der Waals surface area contributed by atoms with Gasteiger partial charge in [0.05, 0.1) is 18.1 Å². The Bertz CT molecular complexity index is 407. The Morgan fingerprint density at radius 3 is 2.87 bits per heavy atom. The summed E-state index contributed by atoms with van der Waals surface area (Å²) < 4.78 is 10.3. The van der Waals surface area contributed by atoms with Crippen molar-refractivity contribution in [2.24, 2.45) is 5.41 Å². The quantitative estimate of drug-likeness (QED) is 0.695. The van der Waals surface area contributed by atoms with Gasteiger partial charge in [-0.05, 0) is 26.0 Å². The second-order valence-electron chi connectivity index (χ2n) is 3.52. The minimum atomic E-state index is -1.43. The fourth-order valence-electron chi connectivity index (χ4n) is 1.45. The van der Waals surface area contributed by atoms with Gasteiger partial charge in [0.1, 0.15) is 18.1 Å². The molecule has 0 saturated heterocycles. The number of hydrogen-bond donors (Lipinski definition) is 0. The van der Waals surface area contributed by atoms with Crippen molar-refractivity contribution in [3.05, 3.63) is 37.6 Å². The van der Waals surface area contributed by atoms with E-state index < -0.39 is 5.41 Å². The van der Waals surface area contributed by atoms with Gasteiger partial charge >= 0.3 is 0 Å². The average molecular weight is 202 g/mol. The highest BCUT2D eigenvalue weighted by Gasteiger charge is 2.36. The van der Waals surface area contributed by atoms with Crippen molar-refractivity contribution in [2.45, 2.75) is 0 Å². The van der Waals surface area contributed by atoms with Crippen LogP contribution in [0.25, 0.3) is 0 Å². The van der Waals surface area contributed by atoms with Crippen LogP contribution < -0.4 is 9.47 Å². The molecule has 1 aromatic rings. The fraction of sp³-hybridized carbons (Fsp3) is 0.250. The molecule has 4 radical (unpaired) electrons. The lowest BCUT2D eigenvalue weighted by atomic mass is 9.83. The lowest BCUT2D eigenvalue weighted by molar-refractivity contribution is 0.0781. The zero-order valence-corrected chi connectivity index (χ0v) is 8.32. The van der Waals surface area contributed by atoms with E-state index in [-0.39, 0.29) is 12.4 Å². The first-order chi connectivity index (χ1) is 7.04. The highest BCUT2D eigenvalue weighted by atomic mass is 16.5. The van der Waals surface area contributed by atoms with E-state index in [1.165, 1.54) is 0 Å². The van der Waals surface area contributed by atoms with Crippen LogP contribution in [-0.4, -0.2) is 19.5 Å². The summed E-state index contributed by atoms with van der Waals surface area (Å²) in [5, 5.41) is 0. The van der Waals surface area contributed by atoms with Crippen LogP contribution in [0.5, 0.6) is 11.5 Å². The van der Waals surface area contributed by atoms with E-state index >= 15 is 0 Å². The predicted molar refractivity (Wildman–Crippen MR) is 53.9 cm³/mol. The molecule has 0 unspecified atom stereocenters. The first-order valence-electron chi connectivity index (χ1n) is 4.48. The van der Waals surface area contributed by atoms with Gasteiger partial charge in [0, 0.05) is 6.07 Å². The van der Waals surface area contributed by atoms with Gasteiger partial charge in [-0.15, -0.1) is 0 Å². The SMILES string of the molecule is [CH]C1([CH])COc2cc(OC)ccc2C1=O. The molecule has 0 aliphatic carbocycles. The largest absolute Gasteiger partial charge is 0.497 e. The maximum Gasteiger partial charge on any atom is 0.176 e. The highest BCUT2D eigenvalue weighted by molar-refractivity contribution is 6.04. The normalized spacial score (nSPS) is 17.9. The van der Waals surface area contributed by atoms with Gasteiger partial charge in [-0.25, -0.2) is 0 Å². The molecule has 15 heavy (non-hydrogen) atoms. The molecule has 0 saturated carbocycles. The summed E-state index contributed by atoms with van der Waals surface area (Å²) in [5.41, 5.74) is -1.03. The first-order valence-corrected chi connectivity index (χ1v) is 4.48. The van der Waals surface area contributed by atoms with Crippen LogP contribution in [0.1, 0.15) is 10.4 Å². The van der Waals surface area contributed by atoms with Crippen molar-refractivity contribution in [3.63, 3.8) is 0 Å². The zero-order chi connectivity index (χ0) is 11.1. The van der Waals surface area contributed by atoms with E-state index in [1.54, 1.807) is 25.3 Å². The summed E-state index contributed by atoms with van der Waals surface area (Å²) >= 11 is 0. The molecule has 3 heteroatoms. The Labute approximate surface area is 89.0 Å². The van der Waals surface area contributed by atoms with Gasteiger partial charge in [0.2, 0.25) is 0 Å². The van der Waals surface area contributed by atoms with Crippen LogP contribution in [0.2, 0.25) is 0 Å². The summed E-state index contributed by atoms with van der Waals surface area (Å²) in [6, 6.07) is 4.91. The van der Waals surface area contributed by atoms with E-state index in [0.29, 0.717) is 17.1 Å². The molecule has 0 bridgehead atoms. The summed E-state index contributed by atoms with van der Waals surface area (Å²) in [5.74, 6) is 0.778. The molecule has 0 spiro atoms. The number of rotatable bonds is 1. The molecule has 1 aromatic carbocycles. The van der Waals surface area contributed by atoms with Crippen molar-refractivity contribution in [1.29, 1.82) is 0 Å². The highest BCUT2D eigenvalue weighted by Crippen LogP contribution is 2.35. The van der Waals surface area contributed by atoms with Crippen molar-refractivity contribution in [2.75, 3.05) is 13.7 Å². The number of fused-ring (bicyclic) bond motifs is 1. The molecular formula is C12H10O3. The van der Waals surface area contributed by atoms with Crippen LogP contribution in [-0.2, 0) is 0 Å². The van der Waals surface area contributed by atoms with E-state index in [0.717, 1.165) is 0 Å². The standard InChI is InChI=1S/C12H10O3/c1-12(2)7-15-10-6-8(14-3)4-5-9(10)11(12)13/h1-2,4-6H,7H2,3H3. The average Bonchev–Trinajstić information content (AvgIpc) is 2.23. The topological polar surface area (TPSA) is 35.5 Å². The molecule has 2 rings (SSSR count). The molecular weight excluding hydrogens is 192 g/mol. The number of methoxy groups -OCH3 is 1. The van der Waals surface area contributed by atoms with Gasteiger partial charge in [0.25, 0.3) is 0 Å². The van der Waals surface area contributed by atoms with E-state index in [2.05, 4.69) is 0 Å². The number of ether oxygens (including phenoxy) is 2. The maximum absolute atomic E-state index is 11.8. The van der Waals surface area contributed by atoms with Crippen molar-refractivity contribution >= 4 is 5.78 Å². The molecule has 1 aliphatic rings. The third kappa shape index (κ3) is 1.58. The van der Waals surface area contributed by atoms with Crippen LogP contribution in [0.4, 0.5) is 0 Å².